The maximum Gasteiger partial charge on any atom is 0.472 e. The van der Waals surface area contributed by atoms with Crippen molar-refractivity contribution in [1.82, 2.24) is 0 Å². The number of hydrogen-bond donors (Lipinski definition) is 2. The molecule has 0 aromatic heterocycles. The average Bonchev–Trinajstić information content (AvgIpc) is 3.32. The third-order valence-electron chi connectivity index (χ3n) is 10.2. The zero-order valence-corrected chi connectivity index (χ0v) is 43.2. The molecule has 0 radical (unpaired) electrons. The lowest BCUT2D eigenvalue weighted by Gasteiger charge is -2.21. The summed E-state index contributed by atoms with van der Waals surface area (Å²) in [4.78, 5) is 48.3. The monoisotopic (exact) mass is 971 g/mol. The van der Waals surface area contributed by atoms with Gasteiger partial charge in [-0.3, -0.25) is 23.4 Å². The number of ether oxygens (including phenoxy) is 3. The summed E-state index contributed by atoms with van der Waals surface area (Å²) < 4.78 is 39.2. The Kier molecular flexibility index (Phi) is 46.7. The highest BCUT2D eigenvalue weighted by molar-refractivity contribution is 7.47. The van der Waals surface area contributed by atoms with E-state index in [9.17, 15) is 28.9 Å². The quantitative estimate of drug-likeness (QED) is 0.0197. The van der Waals surface area contributed by atoms with Gasteiger partial charge in [-0.15, -0.1) is 0 Å². The Balaban J connectivity index is 4.89. The van der Waals surface area contributed by atoms with Crippen molar-refractivity contribution in [2.45, 2.75) is 200 Å². The van der Waals surface area contributed by atoms with Gasteiger partial charge in [-0.1, -0.05) is 169 Å². The summed E-state index contributed by atoms with van der Waals surface area (Å²) in [6.07, 6.45) is 57.9. The first-order valence-electron chi connectivity index (χ1n) is 25.8. The molecular weight excluding hydrogens is 880 g/mol. The SMILES string of the molecule is CC/C=C\C/C=C\C/C=C\C/C=C\C/C=C\CCCC(=O)OCC(COP(=O)(O)OCC(CO)OC(=O)CCCCCCC/C=C\CCCC)OC(=O)CCCCC/C=C\C/C=C\C/C=C\CC. The molecule has 0 fully saturated rings. The molecule has 11 nitrogen and oxygen atoms in total. The van der Waals surface area contributed by atoms with Crippen LogP contribution in [-0.2, 0) is 42.2 Å². The summed E-state index contributed by atoms with van der Waals surface area (Å²) in [5.41, 5.74) is 0. The van der Waals surface area contributed by atoms with Gasteiger partial charge in [0.05, 0.1) is 19.8 Å². The minimum absolute atomic E-state index is 0.114. The second-order valence-electron chi connectivity index (χ2n) is 16.6. The van der Waals surface area contributed by atoms with E-state index in [4.69, 9.17) is 23.3 Å². The molecule has 2 N–H and O–H groups in total. The number of carbonyl (C=O) groups excluding carboxylic acids is 3. The number of aliphatic hydroxyl groups is 1. The van der Waals surface area contributed by atoms with Gasteiger partial charge in [-0.2, -0.15) is 0 Å². The van der Waals surface area contributed by atoms with E-state index in [1.165, 1.54) is 12.8 Å². The maximum atomic E-state index is 12.8. The zero-order chi connectivity index (χ0) is 49.9. The molecule has 0 aliphatic heterocycles. The largest absolute Gasteiger partial charge is 0.472 e. The molecule has 0 aliphatic carbocycles. The van der Waals surface area contributed by atoms with E-state index in [-0.39, 0.29) is 25.9 Å². The second-order valence-corrected chi connectivity index (χ2v) is 18.0. The molecule has 0 rings (SSSR count). The molecule has 0 spiro atoms. The number of phosphoric ester groups is 1. The molecule has 0 bridgehead atoms. The first kappa shape index (κ1) is 64.1. The highest BCUT2D eigenvalue weighted by Gasteiger charge is 2.28. The van der Waals surface area contributed by atoms with Crippen LogP contribution in [0.25, 0.3) is 0 Å². The highest BCUT2D eigenvalue weighted by Crippen LogP contribution is 2.43. The van der Waals surface area contributed by atoms with Crippen LogP contribution in [-0.4, -0.2) is 66.5 Å². The molecule has 68 heavy (non-hydrogen) atoms. The van der Waals surface area contributed by atoms with Gasteiger partial charge in [0.25, 0.3) is 0 Å². The van der Waals surface area contributed by atoms with E-state index in [0.717, 1.165) is 109 Å². The van der Waals surface area contributed by atoms with E-state index in [1.807, 2.05) is 6.08 Å². The van der Waals surface area contributed by atoms with Gasteiger partial charge in [0.15, 0.2) is 6.10 Å². The molecule has 3 unspecified atom stereocenters. The molecule has 0 aliphatic rings. The van der Waals surface area contributed by atoms with E-state index in [0.29, 0.717) is 25.7 Å². The van der Waals surface area contributed by atoms with Crippen molar-refractivity contribution in [3.63, 3.8) is 0 Å². The number of carbonyl (C=O) groups is 3. The normalized spacial score (nSPS) is 14.4. The molecule has 0 aromatic rings. The summed E-state index contributed by atoms with van der Waals surface area (Å²) in [6, 6.07) is 0. The van der Waals surface area contributed by atoms with Crippen molar-refractivity contribution in [3.05, 3.63) is 109 Å². The minimum Gasteiger partial charge on any atom is -0.462 e. The van der Waals surface area contributed by atoms with Crippen molar-refractivity contribution < 1.29 is 52.2 Å². The van der Waals surface area contributed by atoms with E-state index in [2.05, 4.69) is 124 Å². The van der Waals surface area contributed by atoms with Crippen LogP contribution >= 0.6 is 7.82 Å². The second kappa shape index (κ2) is 49.6. The lowest BCUT2D eigenvalue weighted by atomic mass is 10.1. The Labute approximate surface area is 412 Å². The number of unbranched alkanes of at least 4 members (excludes halogenated alkanes) is 11. The van der Waals surface area contributed by atoms with Crippen LogP contribution in [0.15, 0.2) is 109 Å². The summed E-state index contributed by atoms with van der Waals surface area (Å²) in [7, 11) is -4.77. The number of rotatable bonds is 46. The fourth-order valence-corrected chi connectivity index (χ4v) is 7.05. The molecule has 12 heteroatoms. The van der Waals surface area contributed by atoms with Crippen molar-refractivity contribution in [3.8, 4) is 0 Å². The number of aliphatic hydroxyl groups excluding tert-OH is 1. The van der Waals surface area contributed by atoms with Gasteiger partial charge >= 0.3 is 25.7 Å². The number of hydrogen-bond acceptors (Lipinski definition) is 10. The summed E-state index contributed by atoms with van der Waals surface area (Å²) in [6.45, 7) is 4.23. The lowest BCUT2D eigenvalue weighted by Crippen LogP contribution is -2.30. The van der Waals surface area contributed by atoms with Crippen LogP contribution < -0.4 is 0 Å². The molecule has 3 atom stereocenters. The zero-order valence-electron chi connectivity index (χ0n) is 42.3. The van der Waals surface area contributed by atoms with Crippen LogP contribution in [0.1, 0.15) is 188 Å². The molecule has 0 saturated carbocycles. The van der Waals surface area contributed by atoms with Gasteiger partial charge < -0.3 is 24.2 Å². The molecule has 0 aromatic carbocycles. The van der Waals surface area contributed by atoms with Crippen LogP contribution in [0, 0.1) is 0 Å². The van der Waals surface area contributed by atoms with E-state index >= 15 is 0 Å². The molecule has 0 amide bonds. The molecule has 386 valence electrons. The van der Waals surface area contributed by atoms with Gasteiger partial charge in [-0.25, -0.2) is 4.57 Å². The van der Waals surface area contributed by atoms with Crippen molar-refractivity contribution in [2.75, 3.05) is 26.4 Å². The van der Waals surface area contributed by atoms with Crippen molar-refractivity contribution in [1.29, 1.82) is 0 Å². The summed E-state index contributed by atoms with van der Waals surface area (Å²) in [5, 5.41) is 9.76. The molecule has 0 heterocycles. The fraction of sp³-hybridized carbons (Fsp3) is 0.625. The van der Waals surface area contributed by atoms with E-state index < -0.39 is 57.8 Å². The highest BCUT2D eigenvalue weighted by atomic mass is 31.2. The smallest absolute Gasteiger partial charge is 0.462 e. The van der Waals surface area contributed by atoms with E-state index in [1.54, 1.807) is 0 Å². The lowest BCUT2D eigenvalue weighted by molar-refractivity contribution is -0.161. The van der Waals surface area contributed by atoms with Gasteiger partial charge in [0.1, 0.15) is 12.7 Å². The van der Waals surface area contributed by atoms with Crippen molar-refractivity contribution in [2.24, 2.45) is 0 Å². The standard InChI is InChI=1S/C56H91O11P/c1-4-7-10-13-16-19-22-24-25-26-27-29-31-33-36-39-42-45-54(58)63-49-53(67-56(60)47-44-41-38-35-32-28-23-20-17-14-11-8-5-2)51-65-68(61,62)64-50-52(48-57)66-55(59)46-43-40-37-34-30-21-18-15-12-9-6-3/h7-8,10-11,15-20,24-25,27-29,32-33,36,52-53,57H,4-6,9,12-14,21-23,26,30-31,34-35,37-51H2,1-3H3,(H,61,62)/b10-7-,11-8-,18-15-,19-16-,20-17-,25-24-,29-27-,32-28-,36-33-. The third kappa shape index (κ3) is 47.2. The molecule has 0 saturated heterocycles. The first-order chi connectivity index (χ1) is 33.2. The molecular formula is C56H91O11P. The third-order valence-corrected chi connectivity index (χ3v) is 11.1. The average molecular weight is 971 g/mol. The van der Waals surface area contributed by atoms with Crippen LogP contribution in [0.2, 0.25) is 0 Å². The van der Waals surface area contributed by atoms with Crippen LogP contribution in [0.4, 0.5) is 0 Å². The Morgan fingerprint density at radius 2 is 0.779 bits per heavy atom. The Morgan fingerprint density at radius 1 is 0.426 bits per heavy atom. The predicted octanol–water partition coefficient (Wildman–Crippen LogP) is 14.7. The Bertz CT molecular complexity index is 1550. The van der Waals surface area contributed by atoms with Crippen LogP contribution in [0.3, 0.4) is 0 Å². The Hall–Kier alpha value is -3.86. The fourth-order valence-electron chi connectivity index (χ4n) is 6.27. The number of allylic oxidation sites excluding steroid dienone is 18. The van der Waals surface area contributed by atoms with Gasteiger partial charge in [-0.05, 0) is 109 Å². The topological polar surface area (TPSA) is 155 Å². The Morgan fingerprint density at radius 3 is 1.25 bits per heavy atom. The van der Waals surface area contributed by atoms with Crippen LogP contribution in [0.5, 0.6) is 0 Å². The van der Waals surface area contributed by atoms with Gasteiger partial charge in [0.2, 0.25) is 0 Å². The number of phosphoric acid groups is 1. The predicted molar refractivity (Wildman–Crippen MR) is 279 cm³/mol. The maximum absolute atomic E-state index is 12.8. The van der Waals surface area contributed by atoms with Crippen molar-refractivity contribution >= 4 is 25.7 Å². The first-order valence-corrected chi connectivity index (χ1v) is 27.3. The minimum atomic E-state index is -4.77. The summed E-state index contributed by atoms with van der Waals surface area (Å²) >= 11 is 0. The summed E-state index contributed by atoms with van der Waals surface area (Å²) in [5.74, 6) is -1.60. The van der Waals surface area contributed by atoms with Gasteiger partial charge in [0, 0.05) is 19.3 Å². The number of esters is 3.